The van der Waals surface area contributed by atoms with Crippen LogP contribution in [0.5, 0.6) is 0 Å². The molecule has 2 N–H and O–H groups in total. The van der Waals surface area contributed by atoms with Gasteiger partial charge in [0.25, 0.3) is 0 Å². The molecular weight excluding hydrogens is 216 g/mol. The van der Waals surface area contributed by atoms with Crippen LogP contribution in [0.1, 0.15) is 46.0 Å². The first-order chi connectivity index (χ1) is 8.11. The minimum absolute atomic E-state index is 0.120. The van der Waals surface area contributed by atoms with Crippen LogP contribution in [-0.2, 0) is 4.79 Å². The summed E-state index contributed by atoms with van der Waals surface area (Å²) < 4.78 is 0. The van der Waals surface area contributed by atoms with E-state index in [9.17, 15) is 9.90 Å². The van der Waals surface area contributed by atoms with Gasteiger partial charge in [0.15, 0.2) is 0 Å². The van der Waals surface area contributed by atoms with Gasteiger partial charge in [-0.05, 0) is 26.7 Å². The van der Waals surface area contributed by atoms with Crippen molar-refractivity contribution in [2.24, 2.45) is 0 Å². The van der Waals surface area contributed by atoms with Crippen molar-refractivity contribution in [1.29, 1.82) is 0 Å². The summed E-state index contributed by atoms with van der Waals surface area (Å²) in [5.41, 5.74) is -0.582. The van der Waals surface area contributed by atoms with Crippen LogP contribution in [0, 0.1) is 0 Å². The lowest BCUT2D eigenvalue weighted by molar-refractivity contribution is -0.130. The summed E-state index contributed by atoms with van der Waals surface area (Å²) in [6, 6.07) is 0. The zero-order valence-electron chi connectivity index (χ0n) is 11.2. The molecule has 0 saturated heterocycles. The lowest BCUT2D eigenvalue weighted by atomic mass is 9.85. The third kappa shape index (κ3) is 4.64. The Bertz CT molecular complexity index is 234. The van der Waals surface area contributed by atoms with E-state index in [1.165, 1.54) is 6.42 Å². The van der Waals surface area contributed by atoms with Crippen LogP contribution in [0.15, 0.2) is 0 Å². The van der Waals surface area contributed by atoms with Crippen LogP contribution < -0.4 is 5.32 Å². The number of carbonyl (C=O) groups is 1. The number of aliphatic hydroxyl groups is 1. The average molecular weight is 242 g/mol. The molecule has 17 heavy (non-hydrogen) atoms. The van der Waals surface area contributed by atoms with Crippen molar-refractivity contribution in [3.63, 3.8) is 0 Å². The van der Waals surface area contributed by atoms with Crippen molar-refractivity contribution in [3.05, 3.63) is 0 Å². The second-order valence-electron chi connectivity index (χ2n) is 4.95. The van der Waals surface area contributed by atoms with Gasteiger partial charge in [-0.1, -0.05) is 19.3 Å². The summed E-state index contributed by atoms with van der Waals surface area (Å²) in [6.07, 6.45) is 5.14. The molecule has 0 heterocycles. The van der Waals surface area contributed by atoms with Crippen LogP contribution >= 0.6 is 0 Å². The topological polar surface area (TPSA) is 52.6 Å². The summed E-state index contributed by atoms with van der Waals surface area (Å²) in [4.78, 5) is 13.5. The Labute approximate surface area is 104 Å². The second-order valence-corrected chi connectivity index (χ2v) is 4.95. The summed E-state index contributed by atoms with van der Waals surface area (Å²) in [5.74, 6) is 0.120. The highest BCUT2D eigenvalue weighted by Crippen LogP contribution is 2.27. The van der Waals surface area contributed by atoms with Crippen LogP contribution in [0.25, 0.3) is 0 Å². The highest BCUT2D eigenvalue weighted by Gasteiger charge is 2.28. The normalized spacial score (nSPS) is 19.0. The van der Waals surface area contributed by atoms with Crippen molar-refractivity contribution in [2.45, 2.75) is 51.6 Å². The number of hydrogen-bond acceptors (Lipinski definition) is 3. The van der Waals surface area contributed by atoms with Crippen LogP contribution in [0.3, 0.4) is 0 Å². The maximum Gasteiger partial charge on any atom is 0.236 e. The van der Waals surface area contributed by atoms with Gasteiger partial charge in [-0.25, -0.2) is 0 Å². The standard InChI is InChI=1S/C13H26N2O2/c1-3-15(4-2)12(16)10-14-11-13(17)8-6-5-7-9-13/h14,17H,3-11H2,1-2H3. The molecule has 0 unspecified atom stereocenters. The Balaban J connectivity index is 2.24. The number of carbonyl (C=O) groups excluding carboxylic acids is 1. The second kappa shape index (κ2) is 6.97. The molecule has 0 aromatic heterocycles. The third-order valence-corrected chi connectivity index (χ3v) is 3.63. The molecule has 0 aromatic rings. The predicted molar refractivity (Wildman–Crippen MR) is 68.8 cm³/mol. The fourth-order valence-electron chi connectivity index (χ4n) is 2.48. The van der Waals surface area contributed by atoms with Crippen LogP contribution in [-0.4, -0.2) is 47.7 Å². The summed E-state index contributed by atoms with van der Waals surface area (Å²) in [7, 11) is 0. The number of amides is 1. The molecule has 0 aromatic carbocycles. The zero-order chi connectivity index (χ0) is 12.7. The van der Waals surface area contributed by atoms with Crippen molar-refractivity contribution in [2.75, 3.05) is 26.2 Å². The fraction of sp³-hybridized carbons (Fsp3) is 0.923. The number of nitrogens with one attached hydrogen (secondary N) is 1. The molecule has 1 rings (SSSR count). The minimum atomic E-state index is -0.582. The first-order valence-corrected chi connectivity index (χ1v) is 6.82. The highest BCUT2D eigenvalue weighted by atomic mass is 16.3. The first kappa shape index (κ1) is 14.5. The molecular formula is C13H26N2O2. The van der Waals surface area contributed by atoms with Crippen LogP contribution in [0.4, 0.5) is 0 Å². The van der Waals surface area contributed by atoms with Gasteiger partial charge >= 0.3 is 0 Å². The van der Waals surface area contributed by atoms with Crippen molar-refractivity contribution in [1.82, 2.24) is 10.2 Å². The van der Waals surface area contributed by atoms with Crippen molar-refractivity contribution in [3.8, 4) is 0 Å². The fourth-order valence-corrected chi connectivity index (χ4v) is 2.48. The Hall–Kier alpha value is -0.610. The summed E-state index contributed by atoms with van der Waals surface area (Å²) in [5, 5.41) is 13.4. The average Bonchev–Trinajstić information content (AvgIpc) is 2.31. The SMILES string of the molecule is CCN(CC)C(=O)CNCC1(O)CCCCC1. The largest absolute Gasteiger partial charge is 0.389 e. The van der Waals surface area contributed by atoms with Gasteiger partial charge in [0, 0.05) is 19.6 Å². The van der Waals surface area contributed by atoms with Gasteiger partial charge in [-0.15, -0.1) is 0 Å². The van der Waals surface area contributed by atoms with Gasteiger partial charge in [0.2, 0.25) is 5.91 Å². The monoisotopic (exact) mass is 242 g/mol. The van der Waals surface area contributed by atoms with E-state index in [0.29, 0.717) is 13.1 Å². The quantitative estimate of drug-likeness (QED) is 0.734. The summed E-state index contributed by atoms with van der Waals surface area (Å²) >= 11 is 0. The van der Waals surface area contributed by atoms with Crippen molar-refractivity contribution < 1.29 is 9.90 Å². The van der Waals surface area contributed by atoms with Gasteiger partial charge in [0.05, 0.1) is 12.1 Å². The van der Waals surface area contributed by atoms with E-state index < -0.39 is 5.60 Å². The molecule has 1 aliphatic carbocycles. The first-order valence-electron chi connectivity index (χ1n) is 6.82. The Morgan fingerprint density at radius 3 is 2.35 bits per heavy atom. The predicted octanol–water partition coefficient (Wildman–Crippen LogP) is 1.14. The number of likely N-dealkylation sites (N-methyl/N-ethyl adjacent to an activating group) is 1. The van der Waals surface area contributed by atoms with E-state index in [2.05, 4.69) is 5.32 Å². The van der Waals surface area contributed by atoms with Gasteiger partial charge in [0.1, 0.15) is 0 Å². The number of rotatable bonds is 6. The molecule has 4 heteroatoms. The Morgan fingerprint density at radius 1 is 1.24 bits per heavy atom. The molecule has 0 aliphatic heterocycles. The number of nitrogens with zero attached hydrogens (tertiary/aromatic N) is 1. The molecule has 1 saturated carbocycles. The Kier molecular flexibility index (Phi) is 5.92. The maximum absolute atomic E-state index is 11.7. The molecule has 100 valence electrons. The molecule has 0 atom stereocenters. The number of hydrogen-bond donors (Lipinski definition) is 2. The van der Waals surface area contributed by atoms with E-state index in [1.54, 1.807) is 4.90 Å². The molecule has 1 aliphatic rings. The lowest BCUT2D eigenvalue weighted by Crippen LogP contribution is -2.46. The van der Waals surface area contributed by atoms with Gasteiger partial charge < -0.3 is 15.3 Å². The highest BCUT2D eigenvalue weighted by molar-refractivity contribution is 5.78. The third-order valence-electron chi connectivity index (χ3n) is 3.63. The minimum Gasteiger partial charge on any atom is -0.389 e. The maximum atomic E-state index is 11.7. The van der Waals surface area contributed by atoms with E-state index in [0.717, 1.165) is 38.8 Å². The molecule has 4 nitrogen and oxygen atoms in total. The Morgan fingerprint density at radius 2 is 1.82 bits per heavy atom. The van der Waals surface area contributed by atoms with Crippen molar-refractivity contribution >= 4 is 5.91 Å². The molecule has 0 radical (unpaired) electrons. The molecule has 1 amide bonds. The lowest BCUT2D eigenvalue weighted by Gasteiger charge is -2.32. The molecule has 0 bridgehead atoms. The van der Waals surface area contributed by atoms with Gasteiger partial charge in [-0.2, -0.15) is 0 Å². The zero-order valence-corrected chi connectivity index (χ0v) is 11.2. The van der Waals surface area contributed by atoms with E-state index in [1.807, 2.05) is 13.8 Å². The molecule has 0 spiro atoms. The van der Waals surface area contributed by atoms with Crippen LogP contribution in [0.2, 0.25) is 0 Å². The van der Waals surface area contributed by atoms with Gasteiger partial charge in [-0.3, -0.25) is 4.79 Å². The van der Waals surface area contributed by atoms with E-state index in [4.69, 9.17) is 0 Å². The van der Waals surface area contributed by atoms with E-state index in [-0.39, 0.29) is 5.91 Å². The molecule has 1 fully saturated rings. The van der Waals surface area contributed by atoms with E-state index >= 15 is 0 Å². The smallest absolute Gasteiger partial charge is 0.236 e. The summed E-state index contributed by atoms with van der Waals surface area (Å²) in [6.45, 7) is 6.35.